The van der Waals surface area contributed by atoms with Crippen LogP contribution in [0.4, 0.5) is 0 Å². The van der Waals surface area contributed by atoms with Gasteiger partial charge in [0.1, 0.15) is 5.75 Å². The number of benzene rings is 1. The second-order valence-electron chi connectivity index (χ2n) is 4.52. The van der Waals surface area contributed by atoms with Crippen LogP contribution in [-0.4, -0.2) is 19.1 Å². The summed E-state index contributed by atoms with van der Waals surface area (Å²) in [7, 11) is 3.87. The van der Waals surface area contributed by atoms with Gasteiger partial charge in [-0.3, -0.25) is 4.90 Å². The van der Waals surface area contributed by atoms with Crippen molar-refractivity contribution in [3.8, 4) is 5.75 Å². The Bertz CT molecular complexity index is 540. The molecule has 0 saturated heterocycles. The molecule has 1 aromatic heterocycles. The molecule has 0 aliphatic rings. The van der Waals surface area contributed by atoms with Crippen molar-refractivity contribution >= 4 is 27.3 Å². The van der Waals surface area contributed by atoms with Crippen LogP contribution in [0, 0.1) is 0 Å². The second-order valence-corrected chi connectivity index (χ2v) is 6.38. The van der Waals surface area contributed by atoms with Crippen molar-refractivity contribution in [2.75, 3.05) is 14.2 Å². The zero-order chi connectivity index (χ0) is 13.8. The first-order valence-corrected chi connectivity index (χ1v) is 7.85. The topological polar surface area (TPSA) is 12.5 Å². The van der Waals surface area contributed by atoms with Crippen molar-refractivity contribution in [1.82, 2.24) is 4.90 Å². The molecule has 0 aliphatic heterocycles. The molecular weight excluding hydrogens is 322 g/mol. The van der Waals surface area contributed by atoms with E-state index in [4.69, 9.17) is 4.74 Å². The number of halogens is 1. The average Bonchev–Trinajstić information content (AvgIpc) is 2.83. The van der Waals surface area contributed by atoms with Crippen LogP contribution in [0.5, 0.6) is 5.75 Å². The lowest BCUT2D eigenvalue weighted by molar-refractivity contribution is 0.248. The van der Waals surface area contributed by atoms with Crippen LogP contribution in [0.3, 0.4) is 0 Å². The number of hydrogen-bond donors (Lipinski definition) is 0. The van der Waals surface area contributed by atoms with E-state index in [1.54, 1.807) is 18.4 Å². The highest BCUT2D eigenvalue weighted by molar-refractivity contribution is 9.10. The highest BCUT2D eigenvalue weighted by Gasteiger charge is 2.17. The molecular formula is C15H18BrNOS. The monoisotopic (exact) mass is 339 g/mol. The molecule has 2 nitrogen and oxygen atoms in total. The van der Waals surface area contributed by atoms with E-state index in [0.717, 1.165) is 12.3 Å². The quantitative estimate of drug-likeness (QED) is 0.781. The fourth-order valence-corrected chi connectivity index (χ4v) is 3.59. The molecule has 0 saturated carbocycles. The zero-order valence-electron chi connectivity index (χ0n) is 11.4. The van der Waals surface area contributed by atoms with E-state index in [-0.39, 0.29) is 0 Å². The van der Waals surface area contributed by atoms with E-state index in [1.165, 1.54) is 14.9 Å². The van der Waals surface area contributed by atoms with Gasteiger partial charge in [-0.05, 0) is 47.4 Å². The molecule has 0 fully saturated rings. The van der Waals surface area contributed by atoms with Gasteiger partial charge in [-0.2, -0.15) is 0 Å². The van der Waals surface area contributed by atoms with Gasteiger partial charge in [-0.15, -0.1) is 11.3 Å². The third kappa shape index (κ3) is 3.38. The molecule has 1 unspecified atom stereocenters. The number of methoxy groups -OCH3 is 1. The molecule has 0 amide bonds. The van der Waals surface area contributed by atoms with Gasteiger partial charge >= 0.3 is 0 Å². The molecule has 0 N–H and O–H groups in total. The fourth-order valence-electron chi connectivity index (χ4n) is 2.05. The van der Waals surface area contributed by atoms with Crippen molar-refractivity contribution in [3.05, 3.63) is 50.6 Å². The molecule has 0 aliphatic carbocycles. The first-order valence-electron chi connectivity index (χ1n) is 6.18. The number of para-hydroxylation sites is 1. The number of ether oxygens (including phenoxy) is 1. The van der Waals surface area contributed by atoms with Crippen molar-refractivity contribution in [2.45, 2.75) is 19.5 Å². The molecule has 102 valence electrons. The lowest BCUT2D eigenvalue weighted by Gasteiger charge is -2.26. The Kier molecular flexibility index (Phi) is 5.02. The van der Waals surface area contributed by atoms with E-state index >= 15 is 0 Å². The van der Waals surface area contributed by atoms with E-state index in [2.05, 4.69) is 58.4 Å². The van der Waals surface area contributed by atoms with Crippen LogP contribution < -0.4 is 4.74 Å². The summed E-state index contributed by atoms with van der Waals surface area (Å²) in [6.45, 7) is 3.14. The van der Waals surface area contributed by atoms with Crippen molar-refractivity contribution in [3.63, 3.8) is 0 Å². The van der Waals surface area contributed by atoms with E-state index < -0.39 is 0 Å². The van der Waals surface area contributed by atoms with Gasteiger partial charge in [0, 0.05) is 27.5 Å². The van der Waals surface area contributed by atoms with E-state index in [1.807, 2.05) is 12.1 Å². The third-order valence-electron chi connectivity index (χ3n) is 3.33. The van der Waals surface area contributed by atoms with Gasteiger partial charge in [0.05, 0.1) is 7.11 Å². The SMILES string of the molecule is COc1ccccc1C(C)N(C)Cc1sccc1Br. The van der Waals surface area contributed by atoms with Crippen molar-refractivity contribution in [2.24, 2.45) is 0 Å². The Hall–Kier alpha value is -0.840. The van der Waals surface area contributed by atoms with Crippen LogP contribution in [-0.2, 0) is 6.54 Å². The van der Waals surface area contributed by atoms with Gasteiger partial charge in [-0.25, -0.2) is 0 Å². The van der Waals surface area contributed by atoms with Gasteiger partial charge < -0.3 is 4.74 Å². The largest absolute Gasteiger partial charge is 0.496 e. The molecule has 4 heteroatoms. The van der Waals surface area contributed by atoms with Crippen LogP contribution in [0.1, 0.15) is 23.4 Å². The lowest BCUT2D eigenvalue weighted by atomic mass is 10.1. The van der Waals surface area contributed by atoms with Crippen molar-refractivity contribution in [1.29, 1.82) is 0 Å². The van der Waals surface area contributed by atoms with Gasteiger partial charge in [0.25, 0.3) is 0 Å². The Labute approximate surface area is 127 Å². The normalized spacial score (nSPS) is 12.7. The third-order valence-corrected chi connectivity index (χ3v) is 5.25. The number of hydrogen-bond acceptors (Lipinski definition) is 3. The molecule has 19 heavy (non-hydrogen) atoms. The fraction of sp³-hybridized carbons (Fsp3) is 0.333. The maximum atomic E-state index is 5.44. The summed E-state index contributed by atoms with van der Waals surface area (Å²) >= 11 is 5.37. The van der Waals surface area contributed by atoms with Crippen molar-refractivity contribution < 1.29 is 4.74 Å². The van der Waals surface area contributed by atoms with E-state index in [0.29, 0.717) is 6.04 Å². The van der Waals surface area contributed by atoms with Gasteiger partial charge in [0.15, 0.2) is 0 Å². The predicted molar refractivity (Wildman–Crippen MR) is 84.9 cm³/mol. The van der Waals surface area contributed by atoms with Gasteiger partial charge in [-0.1, -0.05) is 18.2 Å². The minimum atomic E-state index is 0.310. The summed E-state index contributed by atoms with van der Waals surface area (Å²) in [5.41, 5.74) is 1.22. The minimum Gasteiger partial charge on any atom is -0.496 e. The first-order chi connectivity index (χ1) is 9.13. The molecule has 1 heterocycles. The Morgan fingerprint density at radius 1 is 1.32 bits per heavy atom. The molecule has 2 rings (SSSR count). The van der Waals surface area contributed by atoms with Crippen LogP contribution in [0.15, 0.2) is 40.2 Å². The minimum absolute atomic E-state index is 0.310. The standard InChI is InChI=1S/C15H18BrNOS/c1-11(12-6-4-5-7-14(12)18-3)17(2)10-15-13(16)8-9-19-15/h4-9,11H,10H2,1-3H3. The number of rotatable bonds is 5. The summed E-state index contributed by atoms with van der Waals surface area (Å²) in [6.07, 6.45) is 0. The Morgan fingerprint density at radius 3 is 2.68 bits per heavy atom. The summed E-state index contributed by atoms with van der Waals surface area (Å²) in [6, 6.07) is 10.6. The maximum absolute atomic E-state index is 5.44. The Balaban J connectivity index is 2.14. The maximum Gasteiger partial charge on any atom is 0.123 e. The lowest BCUT2D eigenvalue weighted by Crippen LogP contribution is -2.22. The molecule has 1 aromatic carbocycles. The highest BCUT2D eigenvalue weighted by atomic mass is 79.9. The molecule has 1 atom stereocenters. The molecule has 0 radical (unpaired) electrons. The second kappa shape index (κ2) is 6.55. The summed E-state index contributed by atoms with van der Waals surface area (Å²) in [5.74, 6) is 0.951. The van der Waals surface area contributed by atoms with Crippen LogP contribution >= 0.6 is 27.3 Å². The number of thiophene rings is 1. The average molecular weight is 340 g/mol. The van der Waals surface area contributed by atoms with Crippen LogP contribution in [0.25, 0.3) is 0 Å². The van der Waals surface area contributed by atoms with E-state index in [9.17, 15) is 0 Å². The summed E-state index contributed by atoms with van der Waals surface area (Å²) in [5, 5.41) is 2.11. The molecule has 2 aromatic rings. The smallest absolute Gasteiger partial charge is 0.123 e. The molecule has 0 bridgehead atoms. The zero-order valence-corrected chi connectivity index (χ0v) is 13.8. The predicted octanol–water partition coefficient (Wildman–Crippen LogP) is 4.71. The first kappa shape index (κ1) is 14.6. The molecule has 0 spiro atoms. The van der Waals surface area contributed by atoms with Gasteiger partial charge in [0.2, 0.25) is 0 Å². The number of nitrogens with zero attached hydrogens (tertiary/aromatic N) is 1. The summed E-state index contributed by atoms with van der Waals surface area (Å²) < 4.78 is 6.63. The van der Waals surface area contributed by atoms with Crippen LogP contribution in [0.2, 0.25) is 0 Å². The highest BCUT2D eigenvalue weighted by Crippen LogP contribution is 2.31. The summed E-state index contributed by atoms with van der Waals surface area (Å²) in [4.78, 5) is 3.68. The Morgan fingerprint density at radius 2 is 2.05 bits per heavy atom.